The lowest BCUT2D eigenvalue weighted by atomic mass is 10.3. The maximum Gasteiger partial charge on any atom is 0.224 e. The molecule has 0 fully saturated rings. The summed E-state index contributed by atoms with van der Waals surface area (Å²) >= 11 is 0. The third-order valence-corrected chi connectivity index (χ3v) is 4.04. The molecule has 0 rings (SSSR count). The number of hydrogen-bond acceptors (Lipinski definition) is 4. The van der Waals surface area contributed by atoms with Crippen molar-refractivity contribution in [3.8, 4) is 6.19 Å². The SMILES string of the molecule is CCN(C#N)P(O)N(C(C)C)C(C)C. The molecule has 0 amide bonds. The van der Waals surface area contributed by atoms with E-state index in [2.05, 4.69) is 0 Å². The molecule has 4 nitrogen and oxygen atoms in total. The van der Waals surface area contributed by atoms with Gasteiger partial charge in [-0.25, -0.2) is 4.67 Å². The van der Waals surface area contributed by atoms with E-state index in [0.717, 1.165) is 0 Å². The number of rotatable bonds is 5. The van der Waals surface area contributed by atoms with Gasteiger partial charge in [-0.1, -0.05) is 0 Å². The van der Waals surface area contributed by atoms with E-state index in [1.165, 1.54) is 4.67 Å². The zero-order valence-electron chi connectivity index (χ0n) is 9.60. The van der Waals surface area contributed by atoms with Crippen LogP contribution < -0.4 is 0 Å². The summed E-state index contributed by atoms with van der Waals surface area (Å²) in [5.74, 6) is 0. The van der Waals surface area contributed by atoms with Crippen LogP contribution in [0.15, 0.2) is 0 Å². The summed E-state index contributed by atoms with van der Waals surface area (Å²) < 4.78 is 3.39. The Balaban J connectivity index is 4.59. The topological polar surface area (TPSA) is 50.5 Å². The van der Waals surface area contributed by atoms with Gasteiger partial charge in [-0.2, -0.15) is 5.26 Å². The molecule has 0 heterocycles. The third-order valence-electron chi connectivity index (χ3n) is 1.90. The molecule has 82 valence electrons. The van der Waals surface area contributed by atoms with Gasteiger partial charge < -0.3 is 4.89 Å². The van der Waals surface area contributed by atoms with Crippen molar-refractivity contribution < 1.29 is 4.89 Å². The molecular weight excluding hydrogens is 197 g/mol. The Hall–Kier alpha value is -0.360. The zero-order chi connectivity index (χ0) is 11.3. The fourth-order valence-electron chi connectivity index (χ4n) is 1.37. The van der Waals surface area contributed by atoms with Gasteiger partial charge in [-0.3, -0.25) is 4.67 Å². The molecule has 0 bridgehead atoms. The average molecular weight is 217 g/mol. The Morgan fingerprint density at radius 3 is 1.93 bits per heavy atom. The smallest absolute Gasteiger partial charge is 0.224 e. The quantitative estimate of drug-likeness (QED) is 0.435. The van der Waals surface area contributed by atoms with Gasteiger partial charge in [0.25, 0.3) is 0 Å². The van der Waals surface area contributed by atoms with E-state index in [1.807, 2.05) is 45.5 Å². The molecule has 1 atom stereocenters. The Morgan fingerprint density at radius 1 is 1.29 bits per heavy atom. The molecule has 1 N–H and O–H groups in total. The summed E-state index contributed by atoms with van der Waals surface area (Å²) in [6.07, 6.45) is 2.01. The highest BCUT2D eigenvalue weighted by Crippen LogP contribution is 2.42. The van der Waals surface area contributed by atoms with Gasteiger partial charge in [0.15, 0.2) is 6.19 Å². The number of nitrogens with zero attached hydrogens (tertiary/aromatic N) is 3. The highest BCUT2D eigenvalue weighted by atomic mass is 31.2. The first-order chi connectivity index (χ1) is 6.45. The second kappa shape index (κ2) is 6.19. The largest absolute Gasteiger partial charge is 0.342 e. The van der Waals surface area contributed by atoms with E-state index >= 15 is 0 Å². The van der Waals surface area contributed by atoms with Crippen molar-refractivity contribution >= 4 is 8.45 Å². The van der Waals surface area contributed by atoms with Crippen LogP contribution in [0.3, 0.4) is 0 Å². The van der Waals surface area contributed by atoms with Gasteiger partial charge in [0, 0.05) is 18.6 Å². The molecule has 0 spiro atoms. The van der Waals surface area contributed by atoms with Crippen molar-refractivity contribution in [2.24, 2.45) is 0 Å². The number of hydrogen-bond donors (Lipinski definition) is 1. The molecule has 0 aromatic rings. The highest BCUT2D eigenvalue weighted by molar-refractivity contribution is 7.46. The third kappa shape index (κ3) is 3.42. The van der Waals surface area contributed by atoms with Crippen LogP contribution in [-0.4, -0.2) is 32.9 Å². The molecule has 0 saturated heterocycles. The van der Waals surface area contributed by atoms with Gasteiger partial charge >= 0.3 is 0 Å². The summed E-state index contributed by atoms with van der Waals surface area (Å²) in [4.78, 5) is 10.0. The van der Waals surface area contributed by atoms with Crippen molar-refractivity contribution in [3.05, 3.63) is 0 Å². The van der Waals surface area contributed by atoms with E-state index in [-0.39, 0.29) is 12.1 Å². The lowest BCUT2D eigenvalue weighted by molar-refractivity contribution is 0.276. The first kappa shape index (κ1) is 13.6. The van der Waals surface area contributed by atoms with Crippen LogP contribution in [0.2, 0.25) is 0 Å². The summed E-state index contributed by atoms with van der Waals surface area (Å²) in [6, 6.07) is 0.488. The second-order valence-corrected chi connectivity index (χ2v) is 5.13. The minimum atomic E-state index is -1.48. The lowest BCUT2D eigenvalue weighted by Crippen LogP contribution is -2.36. The minimum Gasteiger partial charge on any atom is -0.342 e. The van der Waals surface area contributed by atoms with E-state index in [4.69, 9.17) is 5.26 Å². The zero-order valence-corrected chi connectivity index (χ0v) is 10.5. The second-order valence-electron chi connectivity index (χ2n) is 3.65. The summed E-state index contributed by atoms with van der Waals surface area (Å²) in [5.41, 5.74) is 0. The van der Waals surface area contributed by atoms with Crippen LogP contribution in [0.4, 0.5) is 0 Å². The van der Waals surface area contributed by atoms with Gasteiger partial charge in [0.2, 0.25) is 8.45 Å². The average Bonchev–Trinajstić information content (AvgIpc) is 2.04. The van der Waals surface area contributed by atoms with E-state index in [9.17, 15) is 4.89 Å². The maximum absolute atomic E-state index is 10.0. The molecule has 0 aromatic carbocycles. The fraction of sp³-hybridized carbons (Fsp3) is 0.889. The number of nitriles is 1. The van der Waals surface area contributed by atoms with Crippen molar-refractivity contribution in [1.29, 1.82) is 5.26 Å². The molecule has 0 aliphatic heterocycles. The van der Waals surface area contributed by atoms with E-state index < -0.39 is 8.45 Å². The molecule has 0 saturated carbocycles. The first-order valence-electron chi connectivity index (χ1n) is 4.90. The Bertz CT molecular complexity index is 195. The fourth-order valence-corrected chi connectivity index (χ4v) is 2.78. The van der Waals surface area contributed by atoms with Crippen molar-refractivity contribution in [2.75, 3.05) is 6.54 Å². The predicted molar refractivity (Wildman–Crippen MR) is 59.2 cm³/mol. The molecule has 5 heteroatoms. The van der Waals surface area contributed by atoms with Crippen LogP contribution in [0.25, 0.3) is 0 Å². The Morgan fingerprint density at radius 2 is 1.71 bits per heavy atom. The van der Waals surface area contributed by atoms with Gasteiger partial charge in [0.05, 0.1) is 0 Å². The molecule has 14 heavy (non-hydrogen) atoms. The van der Waals surface area contributed by atoms with Crippen LogP contribution in [0.5, 0.6) is 0 Å². The first-order valence-corrected chi connectivity index (χ1v) is 6.10. The van der Waals surface area contributed by atoms with Gasteiger partial charge in [-0.15, -0.1) is 0 Å². The molecule has 0 aromatic heterocycles. The minimum absolute atomic E-state index is 0.244. The van der Waals surface area contributed by atoms with Gasteiger partial charge in [-0.05, 0) is 34.6 Å². The van der Waals surface area contributed by atoms with Crippen molar-refractivity contribution in [3.63, 3.8) is 0 Å². The van der Waals surface area contributed by atoms with Crippen molar-refractivity contribution in [1.82, 2.24) is 9.34 Å². The van der Waals surface area contributed by atoms with Crippen LogP contribution in [0.1, 0.15) is 34.6 Å². The van der Waals surface area contributed by atoms with Crippen LogP contribution in [0, 0.1) is 11.5 Å². The van der Waals surface area contributed by atoms with Crippen LogP contribution in [-0.2, 0) is 0 Å². The van der Waals surface area contributed by atoms with E-state index in [0.29, 0.717) is 6.54 Å². The summed E-state index contributed by atoms with van der Waals surface area (Å²) in [5, 5.41) is 8.81. The lowest BCUT2D eigenvalue weighted by Gasteiger charge is -2.36. The monoisotopic (exact) mass is 217 g/mol. The van der Waals surface area contributed by atoms with Gasteiger partial charge in [0.1, 0.15) is 0 Å². The molecule has 0 aliphatic rings. The Kier molecular flexibility index (Phi) is 6.03. The van der Waals surface area contributed by atoms with E-state index in [1.54, 1.807) is 0 Å². The maximum atomic E-state index is 10.0. The predicted octanol–water partition coefficient (Wildman–Crippen LogP) is 2.13. The summed E-state index contributed by atoms with van der Waals surface area (Å²) in [7, 11) is -1.48. The molecular formula is C9H20N3OP. The van der Waals surface area contributed by atoms with Crippen LogP contribution >= 0.6 is 8.45 Å². The standard InChI is InChI=1S/C9H20N3OP/c1-6-11(7-10)14(13)12(8(2)3)9(4)5/h8-9,13H,6H2,1-5H3. The normalized spacial score (nSPS) is 13.4. The highest BCUT2D eigenvalue weighted by Gasteiger charge is 2.27. The van der Waals surface area contributed by atoms with Crippen molar-refractivity contribution in [2.45, 2.75) is 46.7 Å². The Labute approximate surface area is 88.1 Å². The summed E-state index contributed by atoms with van der Waals surface area (Å²) in [6.45, 7) is 10.5. The molecule has 0 radical (unpaired) electrons. The molecule has 1 unspecified atom stereocenters. The molecule has 0 aliphatic carbocycles.